The number of ketones is 1. The van der Waals surface area contributed by atoms with Crippen molar-refractivity contribution in [3.8, 4) is 0 Å². The lowest BCUT2D eigenvalue weighted by Gasteiger charge is -1.59. The molecule has 0 aromatic rings. The van der Waals surface area contributed by atoms with Crippen LogP contribution < -0.4 is 0 Å². The zero-order valence-electron chi connectivity index (χ0n) is 7.62. The first-order valence-electron chi connectivity index (χ1n) is 3.06. The van der Waals surface area contributed by atoms with E-state index in [4.69, 9.17) is 19.8 Å². The van der Waals surface area contributed by atoms with E-state index >= 15 is 0 Å². The van der Waals surface area contributed by atoms with Gasteiger partial charge in [0, 0.05) is 13.8 Å². The minimum Gasteiger partial charge on any atom is -0.481 e. The molecule has 0 heterocycles. The molecule has 0 aliphatic carbocycles. The van der Waals surface area contributed by atoms with Gasteiger partial charge in [0.15, 0.2) is 0 Å². The number of carboxylic acid groups (broad SMARTS) is 2. The molecule has 0 aliphatic rings. The van der Waals surface area contributed by atoms with Crippen LogP contribution in [-0.2, 0) is 14.4 Å². The highest BCUT2D eigenvalue weighted by Gasteiger charge is 1.66. The molecule has 0 unspecified atom stereocenters. The van der Waals surface area contributed by atoms with Crippen LogP contribution in [0.1, 0.15) is 27.7 Å². The van der Waals surface area contributed by atoms with Crippen LogP contribution in [0.2, 0.25) is 0 Å². The lowest BCUT2D eigenvalue weighted by atomic mass is 10.6. The smallest absolute Gasteiger partial charge is 0.300 e. The summed E-state index contributed by atoms with van der Waals surface area (Å²) in [7, 11) is 0. The number of carbonyl (C=O) groups excluding carboxylic acids is 1. The van der Waals surface area contributed by atoms with Crippen LogP contribution >= 0.6 is 0 Å². The SMILES string of the molecule is CC(=O)O.CC(=O)O.CC(C)=O. The highest BCUT2D eigenvalue weighted by Crippen LogP contribution is 1.50. The molecule has 0 aromatic carbocycles. The zero-order chi connectivity index (χ0) is 10.7. The Morgan fingerprint density at radius 3 is 0.750 bits per heavy atom. The van der Waals surface area contributed by atoms with E-state index in [9.17, 15) is 4.79 Å². The maximum absolute atomic E-state index is 9.44. The van der Waals surface area contributed by atoms with Gasteiger partial charge in [0.1, 0.15) is 5.78 Å². The Balaban J connectivity index is -0.000000101. The second kappa shape index (κ2) is 12.3. The zero-order valence-corrected chi connectivity index (χ0v) is 7.62. The fourth-order valence-electron chi connectivity index (χ4n) is 0. The standard InChI is InChI=1S/C3H6O.2C2H4O2/c1-3(2)4;2*1-2(3)4/h1-2H3;2*1H3,(H,3,4). The molecule has 5 heteroatoms. The van der Waals surface area contributed by atoms with Crippen molar-refractivity contribution in [2.75, 3.05) is 0 Å². The van der Waals surface area contributed by atoms with Gasteiger partial charge in [-0.15, -0.1) is 0 Å². The van der Waals surface area contributed by atoms with Crippen LogP contribution in [-0.4, -0.2) is 27.9 Å². The van der Waals surface area contributed by atoms with Gasteiger partial charge in [0.25, 0.3) is 11.9 Å². The fourth-order valence-corrected chi connectivity index (χ4v) is 0. The lowest BCUT2D eigenvalue weighted by molar-refractivity contribution is -0.135. The first-order chi connectivity index (χ1) is 5.20. The maximum atomic E-state index is 9.44. The molecule has 0 saturated carbocycles. The first-order valence-corrected chi connectivity index (χ1v) is 3.06. The summed E-state index contributed by atoms with van der Waals surface area (Å²) in [5.41, 5.74) is 0. The summed E-state index contributed by atoms with van der Waals surface area (Å²) >= 11 is 0. The molecule has 72 valence electrons. The van der Waals surface area contributed by atoms with Gasteiger partial charge in [-0.1, -0.05) is 0 Å². The molecule has 2 N–H and O–H groups in total. The number of rotatable bonds is 0. The molecular formula is C7H14O5. The van der Waals surface area contributed by atoms with Crippen molar-refractivity contribution in [3.05, 3.63) is 0 Å². The van der Waals surface area contributed by atoms with Gasteiger partial charge in [-0.25, -0.2) is 0 Å². The van der Waals surface area contributed by atoms with E-state index in [1.165, 1.54) is 13.8 Å². The van der Waals surface area contributed by atoms with Crippen LogP contribution in [0.3, 0.4) is 0 Å². The minimum atomic E-state index is -0.833. The second-order valence-electron chi connectivity index (χ2n) is 1.95. The molecule has 0 aromatic heterocycles. The third-order valence-corrected chi connectivity index (χ3v) is 0. The van der Waals surface area contributed by atoms with Crippen molar-refractivity contribution in [3.63, 3.8) is 0 Å². The molecule has 0 fully saturated rings. The number of carbonyl (C=O) groups is 3. The molecule has 12 heavy (non-hydrogen) atoms. The molecule has 0 spiro atoms. The van der Waals surface area contributed by atoms with Crippen LogP contribution in [0.4, 0.5) is 0 Å². The van der Waals surface area contributed by atoms with Crippen molar-refractivity contribution >= 4 is 17.7 Å². The Hall–Kier alpha value is -1.39. The Morgan fingerprint density at radius 2 is 0.750 bits per heavy atom. The van der Waals surface area contributed by atoms with Gasteiger partial charge < -0.3 is 15.0 Å². The average Bonchev–Trinajstić information content (AvgIpc) is 1.54. The van der Waals surface area contributed by atoms with Crippen LogP contribution in [0.15, 0.2) is 0 Å². The third kappa shape index (κ3) is 258. The van der Waals surface area contributed by atoms with Gasteiger partial charge >= 0.3 is 0 Å². The molecular weight excluding hydrogens is 164 g/mol. The molecule has 0 rings (SSSR count). The van der Waals surface area contributed by atoms with Crippen LogP contribution in [0, 0.1) is 0 Å². The van der Waals surface area contributed by atoms with Crippen molar-refractivity contribution in [1.29, 1.82) is 0 Å². The summed E-state index contributed by atoms with van der Waals surface area (Å²) in [6.07, 6.45) is 0. The molecule has 0 saturated heterocycles. The quantitative estimate of drug-likeness (QED) is 0.571. The Morgan fingerprint density at radius 1 is 0.750 bits per heavy atom. The number of hydrogen-bond donors (Lipinski definition) is 2. The molecule has 5 nitrogen and oxygen atoms in total. The van der Waals surface area contributed by atoms with Gasteiger partial charge in [-0.2, -0.15) is 0 Å². The van der Waals surface area contributed by atoms with Crippen LogP contribution in [0.5, 0.6) is 0 Å². The van der Waals surface area contributed by atoms with Gasteiger partial charge in [-0.3, -0.25) is 9.59 Å². The summed E-state index contributed by atoms with van der Waals surface area (Å²) in [5, 5.41) is 14.8. The number of Topliss-reactive ketones (excluding diaryl/α,β-unsaturated/α-hetero) is 1. The largest absolute Gasteiger partial charge is 0.481 e. The molecule has 0 bridgehead atoms. The van der Waals surface area contributed by atoms with E-state index in [0.29, 0.717) is 0 Å². The highest BCUT2D eigenvalue weighted by atomic mass is 16.4. The molecule has 0 amide bonds. The number of hydrogen-bond acceptors (Lipinski definition) is 3. The molecule has 0 aliphatic heterocycles. The molecule has 0 radical (unpaired) electrons. The number of carboxylic acids is 2. The third-order valence-electron chi connectivity index (χ3n) is 0. The molecule has 0 atom stereocenters. The average molecular weight is 178 g/mol. The summed E-state index contributed by atoms with van der Waals surface area (Å²) in [6, 6.07) is 0. The first kappa shape index (κ1) is 16.9. The van der Waals surface area contributed by atoms with Crippen molar-refractivity contribution in [2.45, 2.75) is 27.7 Å². The van der Waals surface area contributed by atoms with E-state index in [2.05, 4.69) is 0 Å². The van der Waals surface area contributed by atoms with Gasteiger partial charge in [0.05, 0.1) is 0 Å². The second-order valence-corrected chi connectivity index (χ2v) is 1.95. The highest BCUT2D eigenvalue weighted by molar-refractivity contribution is 5.72. The Kier molecular flexibility index (Phi) is 17.3. The van der Waals surface area contributed by atoms with E-state index in [-0.39, 0.29) is 5.78 Å². The Labute approximate surface area is 71.0 Å². The van der Waals surface area contributed by atoms with Crippen molar-refractivity contribution in [1.82, 2.24) is 0 Å². The van der Waals surface area contributed by atoms with Gasteiger partial charge in [0.2, 0.25) is 0 Å². The summed E-state index contributed by atoms with van der Waals surface area (Å²) < 4.78 is 0. The van der Waals surface area contributed by atoms with Gasteiger partial charge in [-0.05, 0) is 13.8 Å². The summed E-state index contributed by atoms with van der Waals surface area (Å²) in [6.45, 7) is 5.22. The van der Waals surface area contributed by atoms with E-state index in [0.717, 1.165) is 13.8 Å². The maximum Gasteiger partial charge on any atom is 0.300 e. The summed E-state index contributed by atoms with van der Waals surface area (Å²) in [4.78, 5) is 27.4. The van der Waals surface area contributed by atoms with Crippen molar-refractivity contribution in [2.24, 2.45) is 0 Å². The normalized spacial score (nSPS) is 6.33. The van der Waals surface area contributed by atoms with Crippen molar-refractivity contribution < 1.29 is 24.6 Å². The monoisotopic (exact) mass is 178 g/mol. The topological polar surface area (TPSA) is 91.7 Å². The number of aliphatic carboxylic acids is 2. The predicted molar refractivity (Wildman–Crippen MR) is 43.0 cm³/mol. The summed E-state index contributed by atoms with van der Waals surface area (Å²) in [5.74, 6) is -1.50. The Bertz CT molecular complexity index is 109. The van der Waals surface area contributed by atoms with E-state index in [1.807, 2.05) is 0 Å². The lowest BCUT2D eigenvalue weighted by Crippen LogP contribution is -1.78. The van der Waals surface area contributed by atoms with E-state index in [1.54, 1.807) is 0 Å². The minimum absolute atomic E-state index is 0.167. The fraction of sp³-hybridized carbons (Fsp3) is 0.571. The predicted octanol–water partition coefficient (Wildman–Crippen LogP) is 0.777. The van der Waals surface area contributed by atoms with Crippen LogP contribution in [0.25, 0.3) is 0 Å². The van der Waals surface area contributed by atoms with E-state index < -0.39 is 11.9 Å².